The number of halogens is 1. The standard InChI is InChI=1S/C21H28ClN3O2.C8H17N/c1-6-8-25-14(4)9-13(3)18(21(25)27)12-24-20(26)17-10-16(22)11-19(15(17)5)23-7-2;1-9(2)8-6-4-3-5-7-8/h9-11,23H,6-8,12H2,1-5H3,(H,24,26);8H,3-7H2,1-2H3. The predicted molar refractivity (Wildman–Crippen MR) is 153 cm³/mol. The van der Waals surface area contributed by atoms with Gasteiger partial charge in [-0.05, 0) is 90.4 Å². The lowest BCUT2D eigenvalue weighted by Gasteiger charge is -2.27. The number of aromatic nitrogens is 1. The zero-order chi connectivity index (χ0) is 26.8. The Labute approximate surface area is 222 Å². The molecule has 1 aromatic carbocycles. The molecule has 1 amide bonds. The number of nitrogens with zero attached hydrogens (tertiary/aromatic N) is 2. The smallest absolute Gasteiger partial charge is 0.255 e. The van der Waals surface area contributed by atoms with E-state index in [0.29, 0.717) is 22.7 Å². The van der Waals surface area contributed by atoms with Crippen LogP contribution in [0, 0.1) is 20.8 Å². The van der Waals surface area contributed by atoms with E-state index in [4.69, 9.17) is 11.6 Å². The molecule has 1 aromatic heterocycles. The summed E-state index contributed by atoms with van der Waals surface area (Å²) >= 11 is 6.17. The van der Waals surface area contributed by atoms with Crippen molar-refractivity contribution < 1.29 is 4.79 Å². The third kappa shape index (κ3) is 8.10. The highest BCUT2D eigenvalue weighted by molar-refractivity contribution is 6.31. The molecule has 1 fully saturated rings. The van der Waals surface area contributed by atoms with E-state index >= 15 is 0 Å². The summed E-state index contributed by atoms with van der Waals surface area (Å²) < 4.78 is 1.77. The molecule has 0 atom stereocenters. The molecule has 0 radical (unpaired) electrons. The maximum absolute atomic E-state index is 12.8. The van der Waals surface area contributed by atoms with Gasteiger partial charge in [0.25, 0.3) is 11.5 Å². The van der Waals surface area contributed by atoms with Gasteiger partial charge in [0.05, 0.1) is 0 Å². The molecule has 36 heavy (non-hydrogen) atoms. The molecule has 6 nitrogen and oxygen atoms in total. The first-order valence-electron chi connectivity index (χ1n) is 13.3. The average Bonchev–Trinajstić information content (AvgIpc) is 2.84. The molecule has 0 saturated heterocycles. The van der Waals surface area contributed by atoms with Gasteiger partial charge in [-0.15, -0.1) is 0 Å². The number of aryl methyl sites for hydroxylation is 2. The van der Waals surface area contributed by atoms with E-state index in [1.165, 1.54) is 32.1 Å². The molecule has 1 aliphatic rings. The van der Waals surface area contributed by atoms with Gasteiger partial charge in [0, 0.05) is 53.2 Å². The lowest BCUT2D eigenvalue weighted by atomic mass is 9.95. The summed E-state index contributed by atoms with van der Waals surface area (Å²) in [5.41, 5.74) is 4.60. The Morgan fingerprint density at radius 3 is 2.31 bits per heavy atom. The predicted octanol–water partition coefficient (Wildman–Crippen LogP) is 6.08. The first-order chi connectivity index (χ1) is 17.1. The fourth-order valence-electron chi connectivity index (χ4n) is 4.84. The van der Waals surface area contributed by atoms with E-state index in [-0.39, 0.29) is 18.0 Å². The summed E-state index contributed by atoms with van der Waals surface area (Å²) in [5.74, 6) is -0.240. The Morgan fingerprint density at radius 2 is 1.75 bits per heavy atom. The first-order valence-corrected chi connectivity index (χ1v) is 13.7. The van der Waals surface area contributed by atoms with E-state index in [9.17, 15) is 9.59 Å². The second-order valence-corrected chi connectivity index (χ2v) is 10.4. The van der Waals surface area contributed by atoms with Gasteiger partial charge in [-0.2, -0.15) is 0 Å². The number of rotatable bonds is 8. The number of carbonyl (C=O) groups is 1. The van der Waals surface area contributed by atoms with Crippen LogP contribution in [-0.2, 0) is 13.1 Å². The van der Waals surface area contributed by atoms with E-state index in [2.05, 4.69) is 29.6 Å². The van der Waals surface area contributed by atoms with Gasteiger partial charge in [0.15, 0.2) is 0 Å². The van der Waals surface area contributed by atoms with Crippen molar-refractivity contribution >= 4 is 23.2 Å². The third-order valence-corrected chi connectivity index (χ3v) is 7.21. The van der Waals surface area contributed by atoms with Crippen LogP contribution < -0.4 is 16.2 Å². The van der Waals surface area contributed by atoms with Gasteiger partial charge in [-0.25, -0.2) is 0 Å². The minimum absolute atomic E-state index is 0.0363. The highest BCUT2D eigenvalue weighted by Crippen LogP contribution is 2.25. The van der Waals surface area contributed by atoms with Gasteiger partial charge in [-0.3, -0.25) is 9.59 Å². The summed E-state index contributed by atoms with van der Waals surface area (Å²) in [7, 11) is 4.38. The summed E-state index contributed by atoms with van der Waals surface area (Å²) in [6.45, 7) is 11.3. The number of amides is 1. The van der Waals surface area contributed by atoms with Crippen LogP contribution in [0.1, 0.15) is 85.1 Å². The Kier molecular flexibility index (Phi) is 12.0. The zero-order valence-corrected chi connectivity index (χ0v) is 24.0. The number of nitrogens with one attached hydrogen (secondary N) is 2. The molecule has 2 aromatic rings. The topological polar surface area (TPSA) is 66.4 Å². The molecule has 7 heteroatoms. The number of benzene rings is 1. The van der Waals surface area contributed by atoms with Gasteiger partial charge < -0.3 is 20.1 Å². The van der Waals surface area contributed by atoms with E-state index in [1.54, 1.807) is 10.6 Å². The molecular formula is C29H45ClN4O2. The SMILES string of the molecule is CCCn1c(C)cc(C)c(CNC(=O)c2cc(Cl)cc(NCC)c2C)c1=O.CN(C)C1CCCCC1. The molecule has 1 aliphatic carbocycles. The van der Waals surface area contributed by atoms with Crippen molar-refractivity contribution in [2.24, 2.45) is 0 Å². The van der Waals surface area contributed by atoms with E-state index in [0.717, 1.165) is 41.5 Å². The van der Waals surface area contributed by atoms with Crippen molar-refractivity contribution in [3.8, 4) is 0 Å². The summed E-state index contributed by atoms with van der Waals surface area (Å²) in [6, 6.07) is 6.35. The second kappa shape index (κ2) is 14.4. The number of carbonyl (C=O) groups excluding carboxylic acids is 1. The minimum Gasteiger partial charge on any atom is -0.385 e. The van der Waals surface area contributed by atoms with Gasteiger partial charge >= 0.3 is 0 Å². The van der Waals surface area contributed by atoms with Crippen LogP contribution in [0.5, 0.6) is 0 Å². The molecule has 1 heterocycles. The number of hydrogen-bond donors (Lipinski definition) is 2. The quantitative estimate of drug-likeness (QED) is 0.446. The fourth-order valence-corrected chi connectivity index (χ4v) is 5.06. The number of pyridine rings is 1. The molecule has 0 aliphatic heterocycles. The van der Waals surface area contributed by atoms with Crippen LogP contribution in [0.4, 0.5) is 5.69 Å². The van der Waals surface area contributed by atoms with Crippen LogP contribution >= 0.6 is 11.6 Å². The summed E-state index contributed by atoms with van der Waals surface area (Å²) in [6.07, 6.45) is 8.08. The zero-order valence-electron chi connectivity index (χ0n) is 23.3. The molecule has 1 saturated carbocycles. The Hall–Kier alpha value is -2.31. The molecule has 2 N–H and O–H groups in total. The van der Waals surface area contributed by atoms with Crippen molar-refractivity contribution in [3.63, 3.8) is 0 Å². The van der Waals surface area contributed by atoms with Crippen molar-refractivity contribution in [2.75, 3.05) is 26.0 Å². The highest BCUT2D eigenvalue weighted by atomic mass is 35.5. The number of hydrogen-bond acceptors (Lipinski definition) is 4. The first kappa shape index (κ1) is 29.9. The third-order valence-electron chi connectivity index (χ3n) is 6.99. The average molecular weight is 517 g/mol. The van der Waals surface area contributed by atoms with Crippen molar-refractivity contribution in [2.45, 2.75) is 92.3 Å². The Bertz CT molecular complexity index is 1070. The summed E-state index contributed by atoms with van der Waals surface area (Å²) in [5, 5.41) is 6.60. The van der Waals surface area contributed by atoms with Crippen molar-refractivity contribution in [1.82, 2.24) is 14.8 Å². The number of anilines is 1. The van der Waals surface area contributed by atoms with Gasteiger partial charge in [-0.1, -0.05) is 37.8 Å². The summed E-state index contributed by atoms with van der Waals surface area (Å²) in [4.78, 5) is 27.9. The van der Waals surface area contributed by atoms with Crippen LogP contribution in [0.15, 0.2) is 23.0 Å². The van der Waals surface area contributed by atoms with Crippen LogP contribution in [0.2, 0.25) is 5.02 Å². The lowest BCUT2D eigenvalue weighted by molar-refractivity contribution is 0.0950. The normalized spacial score (nSPS) is 13.8. The Morgan fingerprint density at radius 1 is 1.08 bits per heavy atom. The van der Waals surface area contributed by atoms with Crippen molar-refractivity contribution in [3.05, 3.63) is 61.5 Å². The minimum atomic E-state index is -0.240. The maximum Gasteiger partial charge on any atom is 0.255 e. The van der Waals surface area contributed by atoms with E-state index in [1.807, 2.05) is 46.8 Å². The highest BCUT2D eigenvalue weighted by Gasteiger charge is 2.16. The van der Waals surface area contributed by atoms with Crippen molar-refractivity contribution in [1.29, 1.82) is 0 Å². The largest absolute Gasteiger partial charge is 0.385 e. The van der Waals surface area contributed by atoms with Crippen LogP contribution in [-0.4, -0.2) is 42.1 Å². The monoisotopic (exact) mass is 516 g/mol. The molecule has 0 spiro atoms. The van der Waals surface area contributed by atoms with Crippen LogP contribution in [0.25, 0.3) is 0 Å². The Balaban J connectivity index is 0.000000425. The van der Waals surface area contributed by atoms with E-state index < -0.39 is 0 Å². The molecule has 200 valence electrons. The molecular weight excluding hydrogens is 472 g/mol. The van der Waals surface area contributed by atoms with Gasteiger partial charge in [0.2, 0.25) is 0 Å². The lowest BCUT2D eigenvalue weighted by Crippen LogP contribution is -2.32. The fraction of sp³-hybridized carbons (Fsp3) is 0.586. The van der Waals surface area contributed by atoms with Crippen LogP contribution in [0.3, 0.4) is 0 Å². The maximum atomic E-state index is 12.8. The molecule has 0 bridgehead atoms. The molecule has 0 unspecified atom stereocenters. The molecule has 3 rings (SSSR count). The second-order valence-electron chi connectivity index (χ2n) is 10.00. The van der Waals surface area contributed by atoms with Gasteiger partial charge in [0.1, 0.15) is 0 Å².